The third-order valence-electron chi connectivity index (χ3n) is 4.56. The van der Waals surface area contributed by atoms with Crippen molar-refractivity contribution in [2.75, 3.05) is 14.2 Å². The van der Waals surface area contributed by atoms with Gasteiger partial charge in [0.1, 0.15) is 23.9 Å². The Hall–Kier alpha value is -3.22. The molecule has 0 radical (unpaired) electrons. The van der Waals surface area contributed by atoms with Gasteiger partial charge in [-0.25, -0.2) is 0 Å². The molecule has 0 saturated carbocycles. The summed E-state index contributed by atoms with van der Waals surface area (Å²) in [5, 5.41) is 5.28. The maximum absolute atomic E-state index is 6.12. The molecule has 0 atom stereocenters. The smallest absolute Gasteiger partial charge is 0.258 e. The highest BCUT2D eigenvalue weighted by Crippen LogP contribution is 2.33. The minimum absolute atomic E-state index is 0.293. The number of halogens is 2. The van der Waals surface area contributed by atoms with Crippen LogP contribution in [-0.4, -0.2) is 24.4 Å². The van der Waals surface area contributed by atoms with Crippen LogP contribution in [0.4, 0.5) is 0 Å². The molecule has 158 valence electrons. The summed E-state index contributed by atoms with van der Waals surface area (Å²) in [7, 11) is 3.18. The van der Waals surface area contributed by atoms with Crippen molar-refractivity contribution in [2.24, 2.45) is 0 Å². The second-order valence-corrected chi connectivity index (χ2v) is 7.41. The summed E-state index contributed by atoms with van der Waals surface area (Å²) in [6, 6.07) is 18.0. The fourth-order valence-corrected chi connectivity index (χ4v) is 3.32. The summed E-state index contributed by atoms with van der Waals surface area (Å²) in [5.41, 5.74) is 2.20. The lowest BCUT2D eigenvalue weighted by atomic mass is 10.1. The fourth-order valence-electron chi connectivity index (χ4n) is 3.02. The second-order valence-electron chi connectivity index (χ2n) is 6.54. The first-order valence-corrected chi connectivity index (χ1v) is 10.1. The van der Waals surface area contributed by atoms with Crippen molar-refractivity contribution in [3.8, 4) is 40.1 Å². The van der Waals surface area contributed by atoms with Gasteiger partial charge in [-0.15, -0.1) is 0 Å². The number of ether oxygens (including phenoxy) is 3. The van der Waals surface area contributed by atoms with Gasteiger partial charge in [0.25, 0.3) is 5.89 Å². The summed E-state index contributed by atoms with van der Waals surface area (Å²) < 4.78 is 22.2. The highest BCUT2D eigenvalue weighted by atomic mass is 35.5. The van der Waals surface area contributed by atoms with Crippen LogP contribution in [0.5, 0.6) is 17.2 Å². The van der Waals surface area contributed by atoms with E-state index in [1.807, 2.05) is 18.2 Å². The Bertz CT molecular complexity index is 1190. The zero-order chi connectivity index (χ0) is 21.8. The van der Waals surface area contributed by atoms with Gasteiger partial charge < -0.3 is 18.7 Å². The molecule has 1 aromatic heterocycles. The van der Waals surface area contributed by atoms with E-state index in [0.29, 0.717) is 51.2 Å². The molecule has 0 fully saturated rings. The van der Waals surface area contributed by atoms with Crippen LogP contribution in [0.1, 0.15) is 5.56 Å². The molecule has 0 spiro atoms. The van der Waals surface area contributed by atoms with Gasteiger partial charge in [0.2, 0.25) is 5.82 Å². The maximum Gasteiger partial charge on any atom is 0.258 e. The molecular weight excluding hydrogens is 439 g/mol. The lowest BCUT2D eigenvalue weighted by Gasteiger charge is -2.11. The first kappa shape index (κ1) is 21.0. The molecule has 0 saturated heterocycles. The van der Waals surface area contributed by atoms with E-state index < -0.39 is 0 Å². The number of hydrogen-bond acceptors (Lipinski definition) is 6. The van der Waals surface area contributed by atoms with Crippen LogP contribution in [0.3, 0.4) is 0 Å². The highest BCUT2D eigenvalue weighted by Gasteiger charge is 2.16. The maximum atomic E-state index is 6.12. The van der Waals surface area contributed by atoms with Gasteiger partial charge in [-0.3, -0.25) is 0 Å². The molecule has 3 aromatic carbocycles. The van der Waals surface area contributed by atoms with Gasteiger partial charge in [0.05, 0.1) is 19.8 Å². The van der Waals surface area contributed by atoms with Crippen LogP contribution in [-0.2, 0) is 6.61 Å². The molecule has 0 bridgehead atoms. The summed E-state index contributed by atoms with van der Waals surface area (Å²) in [6.45, 7) is 0.293. The average Bonchev–Trinajstić information content (AvgIpc) is 3.28. The van der Waals surface area contributed by atoms with Crippen molar-refractivity contribution in [1.29, 1.82) is 0 Å². The van der Waals surface area contributed by atoms with Gasteiger partial charge in [0.15, 0.2) is 0 Å². The molecular formula is C23H18Cl2N2O4. The monoisotopic (exact) mass is 456 g/mol. The zero-order valence-corrected chi connectivity index (χ0v) is 18.3. The predicted octanol–water partition coefficient (Wildman–Crippen LogP) is 6.31. The van der Waals surface area contributed by atoms with Crippen LogP contribution in [0.25, 0.3) is 22.8 Å². The Kier molecular flexibility index (Phi) is 6.30. The van der Waals surface area contributed by atoms with E-state index in [-0.39, 0.29) is 0 Å². The van der Waals surface area contributed by atoms with E-state index in [2.05, 4.69) is 10.1 Å². The van der Waals surface area contributed by atoms with Crippen LogP contribution < -0.4 is 14.2 Å². The van der Waals surface area contributed by atoms with Gasteiger partial charge in [-0.05, 0) is 60.7 Å². The molecule has 6 nitrogen and oxygen atoms in total. The summed E-state index contributed by atoms with van der Waals surface area (Å²) in [4.78, 5) is 4.51. The Morgan fingerprint density at radius 3 is 2.29 bits per heavy atom. The minimum Gasteiger partial charge on any atom is -0.496 e. The number of benzene rings is 3. The van der Waals surface area contributed by atoms with Crippen molar-refractivity contribution in [1.82, 2.24) is 10.1 Å². The number of aromatic nitrogens is 2. The molecule has 0 unspecified atom stereocenters. The van der Waals surface area contributed by atoms with Crippen LogP contribution >= 0.6 is 23.2 Å². The Morgan fingerprint density at radius 2 is 1.55 bits per heavy atom. The standard InChI is InChI=1S/C23H18Cl2N2O4/c1-28-20-9-3-14(11-15(20)13-30-18-7-4-16(24)5-8-18)23-26-22(27-31-23)19-12-17(25)6-10-21(19)29-2/h3-12H,13H2,1-2H3. The lowest BCUT2D eigenvalue weighted by molar-refractivity contribution is 0.296. The van der Waals surface area contributed by atoms with E-state index in [1.54, 1.807) is 56.7 Å². The van der Waals surface area contributed by atoms with E-state index in [4.69, 9.17) is 41.9 Å². The van der Waals surface area contributed by atoms with Crippen molar-refractivity contribution >= 4 is 23.2 Å². The quantitative estimate of drug-likeness (QED) is 0.324. The normalized spacial score (nSPS) is 10.7. The molecule has 8 heteroatoms. The van der Waals surface area contributed by atoms with E-state index in [0.717, 1.165) is 11.1 Å². The Balaban J connectivity index is 1.61. The van der Waals surface area contributed by atoms with Crippen LogP contribution in [0.15, 0.2) is 65.2 Å². The van der Waals surface area contributed by atoms with Crippen LogP contribution in [0.2, 0.25) is 10.0 Å². The van der Waals surface area contributed by atoms with Crippen molar-refractivity contribution in [2.45, 2.75) is 6.61 Å². The Labute approximate surface area is 189 Å². The predicted molar refractivity (Wildman–Crippen MR) is 119 cm³/mol. The molecule has 4 aromatic rings. The van der Waals surface area contributed by atoms with E-state index >= 15 is 0 Å². The molecule has 1 heterocycles. The molecule has 4 rings (SSSR count). The molecule has 0 N–H and O–H groups in total. The van der Waals surface area contributed by atoms with Gasteiger partial charge in [0, 0.05) is 21.2 Å². The van der Waals surface area contributed by atoms with Crippen molar-refractivity contribution in [3.05, 3.63) is 76.3 Å². The average molecular weight is 457 g/mol. The summed E-state index contributed by atoms with van der Waals surface area (Å²) >= 11 is 12.0. The van der Waals surface area contributed by atoms with Crippen molar-refractivity contribution < 1.29 is 18.7 Å². The topological polar surface area (TPSA) is 66.6 Å². The first-order valence-electron chi connectivity index (χ1n) is 9.30. The number of methoxy groups -OCH3 is 2. The van der Waals surface area contributed by atoms with Crippen LogP contribution in [0, 0.1) is 0 Å². The third-order valence-corrected chi connectivity index (χ3v) is 5.05. The van der Waals surface area contributed by atoms with Gasteiger partial charge in [-0.1, -0.05) is 28.4 Å². The fraction of sp³-hybridized carbons (Fsp3) is 0.130. The minimum atomic E-state index is 0.293. The first-order chi connectivity index (χ1) is 15.1. The van der Waals surface area contributed by atoms with Gasteiger partial charge in [-0.2, -0.15) is 4.98 Å². The summed E-state index contributed by atoms with van der Waals surface area (Å²) in [6.07, 6.45) is 0. The molecule has 0 aliphatic carbocycles. The highest BCUT2D eigenvalue weighted by molar-refractivity contribution is 6.31. The largest absolute Gasteiger partial charge is 0.496 e. The molecule has 0 aliphatic rings. The SMILES string of the molecule is COc1ccc(-c2nc(-c3cc(Cl)ccc3OC)no2)cc1COc1ccc(Cl)cc1. The summed E-state index contributed by atoms with van der Waals surface area (Å²) in [5.74, 6) is 2.72. The zero-order valence-electron chi connectivity index (χ0n) is 16.8. The number of rotatable bonds is 7. The number of nitrogens with zero attached hydrogens (tertiary/aromatic N) is 2. The molecule has 0 aliphatic heterocycles. The Morgan fingerprint density at radius 1 is 0.839 bits per heavy atom. The number of hydrogen-bond donors (Lipinski definition) is 0. The third kappa shape index (κ3) is 4.76. The second kappa shape index (κ2) is 9.29. The molecule has 31 heavy (non-hydrogen) atoms. The van der Waals surface area contributed by atoms with E-state index in [9.17, 15) is 0 Å². The van der Waals surface area contributed by atoms with E-state index in [1.165, 1.54) is 0 Å². The van der Waals surface area contributed by atoms with Gasteiger partial charge >= 0.3 is 0 Å². The molecule has 0 amide bonds. The van der Waals surface area contributed by atoms with Crippen molar-refractivity contribution in [3.63, 3.8) is 0 Å². The lowest BCUT2D eigenvalue weighted by Crippen LogP contribution is -1.99.